The van der Waals surface area contributed by atoms with Crippen molar-refractivity contribution in [3.05, 3.63) is 48.0 Å². The summed E-state index contributed by atoms with van der Waals surface area (Å²) in [5.74, 6) is -0.691. The van der Waals surface area contributed by atoms with Crippen molar-refractivity contribution in [2.45, 2.75) is 18.3 Å². The van der Waals surface area contributed by atoms with Gasteiger partial charge < -0.3 is 5.11 Å². The highest BCUT2D eigenvalue weighted by molar-refractivity contribution is 5.95. The molecule has 1 fully saturated rings. The van der Waals surface area contributed by atoms with E-state index in [4.69, 9.17) is 0 Å². The number of fused-ring (bicyclic) bond motifs is 1. The van der Waals surface area contributed by atoms with E-state index < -0.39 is 11.4 Å². The molecule has 2 nitrogen and oxygen atoms in total. The molecule has 1 aliphatic carbocycles. The summed E-state index contributed by atoms with van der Waals surface area (Å²) in [5, 5.41) is 11.5. The van der Waals surface area contributed by atoms with Crippen molar-refractivity contribution in [1.29, 1.82) is 0 Å². The molecule has 0 aromatic heterocycles. The molecule has 0 heterocycles. The number of carbonyl (C=O) groups is 1. The van der Waals surface area contributed by atoms with Crippen LogP contribution in [-0.4, -0.2) is 11.1 Å². The van der Waals surface area contributed by atoms with Crippen LogP contribution in [-0.2, 0) is 10.2 Å². The first kappa shape index (κ1) is 14.8. The lowest BCUT2D eigenvalue weighted by atomic mass is 9.91. The number of carboxylic acid groups (broad SMARTS) is 1. The number of carboxylic acids is 1. The van der Waals surface area contributed by atoms with Crippen molar-refractivity contribution in [2.24, 2.45) is 0 Å². The topological polar surface area (TPSA) is 37.3 Å². The van der Waals surface area contributed by atoms with Crippen molar-refractivity contribution in [3.8, 4) is 0 Å². The Balaban J connectivity index is 0.000000810. The maximum Gasteiger partial charge on any atom is 0.314 e. The quantitative estimate of drug-likeness (QED) is 0.911. The van der Waals surface area contributed by atoms with E-state index in [1.54, 1.807) is 0 Å². The summed E-state index contributed by atoms with van der Waals surface area (Å²) in [4.78, 5) is 11.3. The fourth-order valence-electron chi connectivity index (χ4n) is 2.37. The first-order chi connectivity index (χ1) is 7.74. The van der Waals surface area contributed by atoms with Crippen molar-refractivity contribution >= 4 is 41.6 Å². The van der Waals surface area contributed by atoms with Gasteiger partial charge in [-0.1, -0.05) is 42.5 Å². The number of aliphatic carboxylic acids is 1. The smallest absolute Gasteiger partial charge is 0.314 e. The minimum atomic E-state index is -0.691. The first-order valence-electron chi connectivity index (χ1n) is 5.46. The van der Waals surface area contributed by atoms with E-state index in [1.807, 2.05) is 42.5 Å². The molecule has 0 spiro atoms. The maximum atomic E-state index is 11.3. The second-order valence-electron chi connectivity index (χ2n) is 4.41. The molecule has 0 aliphatic heterocycles. The number of benzene rings is 2. The lowest BCUT2D eigenvalue weighted by molar-refractivity contribution is -0.139. The zero-order chi connectivity index (χ0) is 11.2. The Morgan fingerprint density at radius 1 is 1.00 bits per heavy atom. The number of hydrogen-bond donors (Lipinski definition) is 1. The van der Waals surface area contributed by atoms with Crippen LogP contribution in [0.3, 0.4) is 0 Å². The van der Waals surface area contributed by atoms with E-state index in [-0.39, 0.29) is 24.8 Å². The molecule has 2 aromatic rings. The lowest BCUT2D eigenvalue weighted by Crippen LogP contribution is -2.19. The number of halogens is 2. The molecule has 0 unspecified atom stereocenters. The van der Waals surface area contributed by atoms with Crippen LogP contribution in [0.25, 0.3) is 10.8 Å². The van der Waals surface area contributed by atoms with Gasteiger partial charge in [-0.05, 0) is 29.2 Å². The summed E-state index contributed by atoms with van der Waals surface area (Å²) in [6.07, 6.45) is 1.52. The van der Waals surface area contributed by atoms with E-state index in [1.165, 1.54) is 0 Å². The number of rotatable bonds is 2. The van der Waals surface area contributed by atoms with Crippen LogP contribution in [0, 0.1) is 0 Å². The van der Waals surface area contributed by atoms with Gasteiger partial charge >= 0.3 is 5.97 Å². The van der Waals surface area contributed by atoms with E-state index in [0.717, 1.165) is 29.2 Å². The van der Waals surface area contributed by atoms with Crippen molar-refractivity contribution in [1.82, 2.24) is 0 Å². The van der Waals surface area contributed by atoms with Gasteiger partial charge in [0.05, 0.1) is 5.41 Å². The monoisotopic (exact) mass is 284 g/mol. The van der Waals surface area contributed by atoms with Gasteiger partial charge in [0, 0.05) is 0 Å². The van der Waals surface area contributed by atoms with Crippen LogP contribution in [0.15, 0.2) is 42.5 Å². The molecule has 3 rings (SSSR count). The Bertz CT molecular complexity index is 572. The first-order valence-corrected chi connectivity index (χ1v) is 5.46. The van der Waals surface area contributed by atoms with Gasteiger partial charge in [-0.15, -0.1) is 24.8 Å². The second-order valence-corrected chi connectivity index (χ2v) is 4.41. The predicted octanol–water partition coefficient (Wildman–Crippen LogP) is 3.80. The highest BCUT2D eigenvalue weighted by Gasteiger charge is 2.52. The predicted molar refractivity (Wildman–Crippen MR) is 77.0 cm³/mol. The van der Waals surface area contributed by atoms with Crippen LogP contribution in [0.1, 0.15) is 18.4 Å². The Labute approximate surface area is 118 Å². The van der Waals surface area contributed by atoms with Crippen molar-refractivity contribution < 1.29 is 9.90 Å². The van der Waals surface area contributed by atoms with E-state index in [9.17, 15) is 9.90 Å². The summed E-state index contributed by atoms with van der Waals surface area (Å²) in [6, 6.07) is 13.9. The SMILES string of the molecule is Cl.Cl.O=C(O)C1(c2cccc3ccccc23)CC1. The molecule has 96 valence electrons. The third-order valence-electron chi connectivity index (χ3n) is 3.46. The Morgan fingerprint density at radius 2 is 1.61 bits per heavy atom. The minimum Gasteiger partial charge on any atom is -0.481 e. The van der Waals surface area contributed by atoms with Crippen LogP contribution >= 0.6 is 24.8 Å². The molecular formula is C14H14Cl2O2. The maximum absolute atomic E-state index is 11.3. The van der Waals surface area contributed by atoms with E-state index >= 15 is 0 Å². The molecule has 1 N–H and O–H groups in total. The molecule has 0 saturated heterocycles. The summed E-state index contributed by atoms with van der Waals surface area (Å²) < 4.78 is 0. The largest absolute Gasteiger partial charge is 0.481 e. The average Bonchev–Trinajstić information content (AvgIpc) is 3.09. The van der Waals surface area contributed by atoms with Gasteiger partial charge in [0.2, 0.25) is 0 Å². The Hall–Kier alpha value is -1.25. The molecule has 0 atom stereocenters. The fraction of sp³-hybridized carbons (Fsp3) is 0.214. The van der Waals surface area contributed by atoms with E-state index in [0.29, 0.717) is 0 Å². The molecule has 1 saturated carbocycles. The molecular weight excluding hydrogens is 271 g/mol. The molecule has 4 heteroatoms. The van der Waals surface area contributed by atoms with Crippen LogP contribution < -0.4 is 0 Å². The molecule has 0 radical (unpaired) electrons. The normalized spacial score (nSPS) is 15.3. The zero-order valence-corrected chi connectivity index (χ0v) is 11.3. The third kappa shape index (κ3) is 2.06. The number of hydrogen-bond acceptors (Lipinski definition) is 1. The van der Waals surface area contributed by atoms with Crippen LogP contribution in [0.4, 0.5) is 0 Å². The van der Waals surface area contributed by atoms with Crippen LogP contribution in [0.2, 0.25) is 0 Å². The van der Waals surface area contributed by atoms with Gasteiger partial charge in [0.15, 0.2) is 0 Å². The Morgan fingerprint density at radius 3 is 2.22 bits per heavy atom. The van der Waals surface area contributed by atoms with Gasteiger partial charge in [-0.3, -0.25) is 4.79 Å². The minimum absolute atomic E-state index is 0. The molecule has 1 aliphatic rings. The van der Waals surface area contributed by atoms with Crippen molar-refractivity contribution in [3.63, 3.8) is 0 Å². The summed E-state index contributed by atoms with van der Waals surface area (Å²) in [7, 11) is 0. The second kappa shape index (κ2) is 5.17. The van der Waals surface area contributed by atoms with E-state index in [2.05, 4.69) is 0 Å². The lowest BCUT2D eigenvalue weighted by Gasteiger charge is -2.13. The summed E-state index contributed by atoms with van der Waals surface area (Å²) in [5.41, 5.74) is 0.360. The Kier molecular flexibility index (Phi) is 4.25. The summed E-state index contributed by atoms with van der Waals surface area (Å²) in [6.45, 7) is 0. The molecule has 0 amide bonds. The highest BCUT2D eigenvalue weighted by Crippen LogP contribution is 2.50. The van der Waals surface area contributed by atoms with Crippen LogP contribution in [0.5, 0.6) is 0 Å². The van der Waals surface area contributed by atoms with Gasteiger partial charge in [0.25, 0.3) is 0 Å². The van der Waals surface area contributed by atoms with Gasteiger partial charge in [-0.25, -0.2) is 0 Å². The van der Waals surface area contributed by atoms with Gasteiger partial charge in [0.1, 0.15) is 0 Å². The van der Waals surface area contributed by atoms with Gasteiger partial charge in [-0.2, -0.15) is 0 Å². The molecule has 0 bridgehead atoms. The zero-order valence-electron chi connectivity index (χ0n) is 9.63. The molecule has 18 heavy (non-hydrogen) atoms. The highest BCUT2D eigenvalue weighted by atomic mass is 35.5. The summed E-state index contributed by atoms with van der Waals surface area (Å²) >= 11 is 0. The standard InChI is InChI=1S/C14H12O2.2ClH/c15-13(16)14(8-9-14)12-7-3-5-10-4-1-2-6-11(10)12;;/h1-7H,8-9H2,(H,15,16);2*1H. The third-order valence-corrected chi connectivity index (χ3v) is 3.46. The molecule has 2 aromatic carbocycles. The average molecular weight is 285 g/mol. The van der Waals surface area contributed by atoms with Crippen molar-refractivity contribution in [2.75, 3.05) is 0 Å². The fourth-order valence-corrected chi connectivity index (χ4v) is 2.37.